The minimum absolute atomic E-state index is 0.0203. The minimum Gasteiger partial charge on any atom is -0.488 e. The zero-order valence-electron chi connectivity index (χ0n) is 10.9. The molecule has 0 bridgehead atoms. The lowest BCUT2D eigenvalue weighted by Crippen LogP contribution is -2.28. The van der Waals surface area contributed by atoms with Gasteiger partial charge in [0.2, 0.25) is 0 Å². The Morgan fingerprint density at radius 1 is 1.47 bits per heavy atom. The maximum absolute atomic E-state index is 13.6. The van der Waals surface area contributed by atoms with Crippen LogP contribution in [0.1, 0.15) is 26.2 Å². The van der Waals surface area contributed by atoms with Gasteiger partial charge >= 0.3 is 0 Å². The van der Waals surface area contributed by atoms with E-state index < -0.39 is 5.82 Å². The summed E-state index contributed by atoms with van der Waals surface area (Å²) in [6, 6.07) is 3.12. The quantitative estimate of drug-likeness (QED) is 0.819. The van der Waals surface area contributed by atoms with Gasteiger partial charge in [0, 0.05) is 12.5 Å². The Balaban J connectivity index is 2.14. The van der Waals surface area contributed by atoms with E-state index in [-0.39, 0.29) is 16.1 Å². The van der Waals surface area contributed by atoms with Gasteiger partial charge in [0.05, 0.1) is 5.02 Å². The first-order valence-electron chi connectivity index (χ1n) is 6.64. The Kier molecular flexibility index (Phi) is 5.31. The fourth-order valence-corrected chi connectivity index (χ4v) is 2.85. The Morgan fingerprint density at radius 2 is 2.26 bits per heavy atom. The van der Waals surface area contributed by atoms with Crippen LogP contribution in [0.25, 0.3) is 0 Å². The molecule has 1 aromatic carbocycles. The van der Waals surface area contributed by atoms with E-state index in [0.717, 1.165) is 32.4 Å². The van der Waals surface area contributed by atoms with Gasteiger partial charge < -0.3 is 10.1 Å². The zero-order chi connectivity index (χ0) is 13.8. The molecule has 1 N–H and O–H groups in total. The molecule has 0 radical (unpaired) electrons. The highest BCUT2D eigenvalue weighted by atomic mass is 35.5. The number of ether oxygens (including phenoxy) is 1. The largest absolute Gasteiger partial charge is 0.488 e. The fourth-order valence-electron chi connectivity index (χ4n) is 2.43. The highest BCUT2D eigenvalue weighted by Crippen LogP contribution is 2.34. The lowest BCUT2D eigenvalue weighted by molar-refractivity contribution is 0.132. The third-order valence-electron chi connectivity index (χ3n) is 3.48. The van der Waals surface area contributed by atoms with Crippen molar-refractivity contribution in [3.8, 4) is 5.75 Å². The van der Waals surface area contributed by atoms with Crippen molar-refractivity contribution in [2.45, 2.75) is 32.3 Å². The molecular weight excluding hydrogens is 288 g/mol. The predicted octanol–water partition coefficient (Wildman–Crippen LogP) is 4.29. The molecule has 0 aliphatic carbocycles. The highest BCUT2D eigenvalue weighted by Gasteiger charge is 2.27. The summed E-state index contributed by atoms with van der Waals surface area (Å²) in [6.45, 7) is 4.07. The summed E-state index contributed by atoms with van der Waals surface area (Å²) >= 11 is 11.6. The second-order valence-corrected chi connectivity index (χ2v) is 5.66. The third-order valence-corrected chi connectivity index (χ3v) is 4.12. The van der Waals surface area contributed by atoms with Crippen molar-refractivity contribution < 1.29 is 9.13 Å². The number of rotatable bonds is 5. The topological polar surface area (TPSA) is 21.3 Å². The lowest BCUT2D eigenvalue weighted by Gasteiger charge is -2.24. The van der Waals surface area contributed by atoms with Crippen LogP contribution in [0.5, 0.6) is 5.75 Å². The molecule has 5 heteroatoms. The van der Waals surface area contributed by atoms with E-state index >= 15 is 0 Å². The monoisotopic (exact) mass is 305 g/mol. The SMILES string of the molecule is CCC[C@H](Oc1ccc(Cl)c(F)c1Cl)C1CCNC1. The van der Waals surface area contributed by atoms with E-state index in [2.05, 4.69) is 12.2 Å². The van der Waals surface area contributed by atoms with E-state index in [1.54, 1.807) is 6.07 Å². The van der Waals surface area contributed by atoms with Gasteiger partial charge in [-0.15, -0.1) is 0 Å². The van der Waals surface area contributed by atoms with Crippen LogP contribution in [-0.2, 0) is 0 Å². The Labute approximate surface area is 123 Å². The minimum atomic E-state index is -0.611. The van der Waals surface area contributed by atoms with Gasteiger partial charge in [0.1, 0.15) is 16.9 Å². The molecule has 2 rings (SSSR count). The van der Waals surface area contributed by atoms with Crippen LogP contribution >= 0.6 is 23.2 Å². The van der Waals surface area contributed by atoms with E-state index in [4.69, 9.17) is 27.9 Å². The molecule has 1 aromatic rings. The molecule has 1 aliphatic rings. The molecule has 0 amide bonds. The van der Waals surface area contributed by atoms with Crippen molar-refractivity contribution in [2.24, 2.45) is 5.92 Å². The van der Waals surface area contributed by atoms with Gasteiger partial charge in [0.15, 0.2) is 5.82 Å². The molecular formula is C14H18Cl2FNO. The number of benzene rings is 1. The maximum Gasteiger partial charge on any atom is 0.164 e. The molecule has 2 atom stereocenters. The first kappa shape index (κ1) is 14.9. The Bertz CT molecular complexity index is 436. The summed E-state index contributed by atoms with van der Waals surface area (Å²) in [5.74, 6) is 0.226. The predicted molar refractivity (Wildman–Crippen MR) is 76.7 cm³/mol. The van der Waals surface area contributed by atoms with Crippen molar-refractivity contribution in [3.05, 3.63) is 28.0 Å². The Hall–Kier alpha value is -0.510. The molecule has 2 nitrogen and oxygen atoms in total. The number of nitrogens with one attached hydrogen (secondary N) is 1. The van der Waals surface area contributed by atoms with Gasteiger partial charge in [0.25, 0.3) is 0 Å². The molecule has 1 heterocycles. The van der Waals surface area contributed by atoms with E-state index in [1.165, 1.54) is 6.07 Å². The van der Waals surface area contributed by atoms with E-state index in [0.29, 0.717) is 11.7 Å². The molecule has 1 fully saturated rings. The van der Waals surface area contributed by atoms with Crippen LogP contribution in [0.2, 0.25) is 10.0 Å². The normalized spacial score (nSPS) is 20.5. The first-order chi connectivity index (χ1) is 9.13. The van der Waals surface area contributed by atoms with Crippen LogP contribution in [-0.4, -0.2) is 19.2 Å². The third kappa shape index (κ3) is 3.53. The lowest BCUT2D eigenvalue weighted by atomic mass is 9.97. The summed E-state index contributed by atoms with van der Waals surface area (Å²) in [5.41, 5.74) is 0. The molecule has 0 aromatic heterocycles. The van der Waals surface area contributed by atoms with Gasteiger partial charge in [-0.05, 0) is 31.5 Å². The van der Waals surface area contributed by atoms with Crippen molar-refractivity contribution in [1.82, 2.24) is 5.32 Å². The molecule has 1 aliphatic heterocycles. The van der Waals surface area contributed by atoms with Gasteiger partial charge in [-0.2, -0.15) is 0 Å². The summed E-state index contributed by atoms with van der Waals surface area (Å²) in [4.78, 5) is 0. The molecule has 0 spiro atoms. The van der Waals surface area contributed by atoms with Crippen LogP contribution in [0.15, 0.2) is 12.1 Å². The van der Waals surface area contributed by atoms with E-state index in [9.17, 15) is 4.39 Å². The Morgan fingerprint density at radius 3 is 2.89 bits per heavy atom. The maximum atomic E-state index is 13.6. The fraction of sp³-hybridized carbons (Fsp3) is 0.571. The second kappa shape index (κ2) is 6.78. The highest BCUT2D eigenvalue weighted by molar-refractivity contribution is 6.35. The average molecular weight is 306 g/mol. The van der Waals surface area contributed by atoms with Crippen LogP contribution < -0.4 is 10.1 Å². The summed E-state index contributed by atoms with van der Waals surface area (Å²) < 4.78 is 19.6. The van der Waals surface area contributed by atoms with Crippen LogP contribution in [0, 0.1) is 11.7 Å². The van der Waals surface area contributed by atoms with Crippen molar-refractivity contribution in [2.75, 3.05) is 13.1 Å². The number of hydrogen-bond acceptors (Lipinski definition) is 2. The molecule has 0 saturated carbocycles. The van der Waals surface area contributed by atoms with Gasteiger partial charge in [-0.3, -0.25) is 0 Å². The number of halogens is 3. The van der Waals surface area contributed by atoms with E-state index in [1.807, 2.05) is 0 Å². The van der Waals surface area contributed by atoms with Crippen LogP contribution in [0.3, 0.4) is 0 Å². The first-order valence-corrected chi connectivity index (χ1v) is 7.40. The second-order valence-electron chi connectivity index (χ2n) is 4.87. The smallest absolute Gasteiger partial charge is 0.164 e. The summed E-state index contributed by atoms with van der Waals surface area (Å²) in [5, 5.41) is 3.32. The average Bonchev–Trinajstić information content (AvgIpc) is 2.92. The molecule has 19 heavy (non-hydrogen) atoms. The standard InChI is InChI=1S/C14H18Cl2FNO/c1-2-3-11(9-6-7-18-8-9)19-12-5-4-10(15)14(17)13(12)16/h4-5,9,11,18H,2-3,6-8H2,1H3/t9?,11-/m0/s1. The van der Waals surface area contributed by atoms with Gasteiger partial charge in [-0.1, -0.05) is 36.5 Å². The molecule has 1 saturated heterocycles. The molecule has 106 valence electrons. The summed E-state index contributed by atoms with van der Waals surface area (Å²) in [7, 11) is 0. The molecule has 1 unspecified atom stereocenters. The summed E-state index contributed by atoms with van der Waals surface area (Å²) in [6.07, 6.45) is 3.11. The van der Waals surface area contributed by atoms with Crippen LogP contribution in [0.4, 0.5) is 4.39 Å². The number of hydrogen-bond donors (Lipinski definition) is 1. The van der Waals surface area contributed by atoms with Gasteiger partial charge in [-0.25, -0.2) is 4.39 Å². The van der Waals surface area contributed by atoms with Crippen molar-refractivity contribution in [3.63, 3.8) is 0 Å². The zero-order valence-corrected chi connectivity index (χ0v) is 12.4. The van der Waals surface area contributed by atoms with Crippen molar-refractivity contribution in [1.29, 1.82) is 0 Å². The van der Waals surface area contributed by atoms with Crippen molar-refractivity contribution >= 4 is 23.2 Å².